The Balaban J connectivity index is 1.40. The Morgan fingerprint density at radius 2 is 1.77 bits per heavy atom. The number of anilines is 2. The molecule has 2 heterocycles. The van der Waals surface area contributed by atoms with Crippen molar-refractivity contribution < 1.29 is 4.79 Å². The van der Waals surface area contributed by atoms with Gasteiger partial charge in [-0.3, -0.25) is 4.79 Å². The summed E-state index contributed by atoms with van der Waals surface area (Å²) in [7, 11) is 0. The Morgan fingerprint density at radius 3 is 2.61 bits per heavy atom. The van der Waals surface area contributed by atoms with Crippen molar-refractivity contribution in [1.29, 1.82) is 0 Å². The fourth-order valence-corrected chi connectivity index (χ4v) is 5.07. The first-order chi connectivity index (χ1) is 15.2. The second kappa shape index (κ2) is 8.64. The molecule has 1 amide bonds. The number of para-hydroxylation sites is 1. The molecule has 5 heteroatoms. The Hall–Kier alpha value is -2.98. The molecule has 0 aromatic heterocycles. The van der Waals surface area contributed by atoms with E-state index in [-0.39, 0.29) is 17.9 Å². The zero-order valence-corrected chi connectivity index (χ0v) is 18.1. The first-order valence-electron chi connectivity index (χ1n) is 10.9. The van der Waals surface area contributed by atoms with E-state index in [2.05, 4.69) is 45.4 Å². The minimum absolute atomic E-state index is 0.0967. The summed E-state index contributed by atoms with van der Waals surface area (Å²) in [6.45, 7) is 3.15. The number of hydrogen-bond acceptors (Lipinski definition) is 3. The van der Waals surface area contributed by atoms with Gasteiger partial charge in [-0.05, 0) is 41.8 Å². The van der Waals surface area contributed by atoms with E-state index in [1.807, 2.05) is 48.5 Å². The molecule has 0 saturated carbocycles. The van der Waals surface area contributed by atoms with Crippen LogP contribution in [0.15, 0.2) is 78.9 Å². The van der Waals surface area contributed by atoms with Gasteiger partial charge in [-0.1, -0.05) is 66.2 Å². The number of carbonyl (C=O) groups excluding carboxylic acids is 1. The van der Waals surface area contributed by atoms with Gasteiger partial charge in [-0.15, -0.1) is 0 Å². The number of halogens is 1. The van der Waals surface area contributed by atoms with Crippen LogP contribution in [0.2, 0.25) is 5.02 Å². The Labute approximate surface area is 188 Å². The van der Waals surface area contributed by atoms with Gasteiger partial charge >= 0.3 is 0 Å². The van der Waals surface area contributed by atoms with E-state index in [9.17, 15) is 4.79 Å². The van der Waals surface area contributed by atoms with Crippen molar-refractivity contribution in [2.24, 2.45) is 5.92 Å². The quantitative estimate of drug-likeness (QED) is 0.659. The summed E-state index contributed by atoms with van der Waals surface area (Å²) in [6, 6.07) is 26.7. The van der Waals surface area contributed by atoms with Gasteiger partial charge in [0, 0.05) is 42.6 Å². The second-order valence-electron chi connectivity index (χ2n) is 8.33. The number of nitrogens with zero attached hydrogens (tertiary/aromatic N) is 2. The van der Waals surface area contributed by atoms with E-state index in [0.29, 0.717) is 6.54 Å². The van der Waals surface area contributed by atoms with Gasteiger partial charge in [0.1, 0.15) is 0 Å². The van der Waals surface area contributed by atoms with Crippen LogP contribution in [0.25, 0.3) is 0 Å². The fourth-order valence-electron chi connectivity index (χ4n) is 4.88. The van der Waals surface area contributed by atoms with Crippen LogP contribution in [-0.4, -0.2) is 31.6 Å². The molecule has 31 heavy (non-hydrogen) atoms. The minimum atomic E-state index is -0.0967. The summed E-state index contributed by atoms with van der Waals surface area (Å²) >= 11 is 6.25. The van der Waals surface area contributed by atoms with Gasteiger partial charge < -0.3 is 15.1 Å². The van der Waals surface area contributed by atoms with Crippen LogP contribution in [0.4, 0.5) is 11.4 Å². The molecule has 0 radical (unpaired) electrons. The summed E-state index contributed by atoms with van der Waals surface area (Å²) in [5, 5.41) is 3.93. The fraction of sp³-hybridized carbons (Fsp3) is 0.269. The van der Waals surface area contributed by atoms with Crippen molar-refractivity contribution in [3.8, 4) is 0 Å². The van der Waals surface area contributed by atoms with E-state index in [1.54, 1.807) is 0 Å². The third kappa shape index (κ3) is 4.13. The number of fused-ring (bicyclic) bond motifs is 3. The lowest BCUT2D eigenvalue weighted by Crippen LogP contribution is -2.61. The first-order valence-corrected chi connectivity index (χ1v) is 11.2. The van der Waals surface area contributed by atoms with E-state index >= 15 is 0 Å². The lowest BCUT2D eigenvalue weighted by Gasteiger charge is -2.49. The second-order valence-corrected chi connectivity index (χ2v) is 8.77. The summed E-state index contributed by atoms with van der Waals surface area (Å²) in [4.78, 5) is 18.2. The first kappa shape index (κ1) is 20.0. The molecule has 1 fully saturated rings. The van der Waals surface area contributed by atoms with Crippen LogP contribution >= 0.6 is 11.6 Å². The van der Waals surface area contributed by atoms with Gasteiger partial charge in [-0.25, -0.2) is 0 Å². The summed E-state index contributed by atoms with van der Waals surface area (Å²) in [6.07, 6.45) is 0.765. The molecule has 0 spiro atoms. The molecule has 5 rings (SSSR count). The molecule has 1 N–H and O–H groups in total. The molecule has 2 aliphatic rings. The topological polar surface area (TPSA) is 35.6 Å². The lowest BCUT2D eigenvalue weighted by atomic mass is 9.83. The number of piperazine rings is 1. The predicted octanol–water partition coefficient (Wildman–Crippen LogP) is 4.52. The number of benzene rings is 3. The summed E-state index contributed by atoms with van der Waals surface area (Å²) < 4.78 is 0. The van der Waals surface area contributed by atoms with E-state index in [0.717, 1.165) is 42.3 Å². The highest BCUT2D eigenvalue weighted by Gasteiger charge is 2.41. The molecule has 0 aliphatic carbocycles. The SMILES string of the molecule is O=C(NCc1ccccc1)C1Cc2ccccc2N2CCN(c3cccc(Cl)c3)CC12. The zero-order valence-electron chi connectivity index (χ0n) is 17.4. The molecular formula is C26H26ClN3O. The molecule has 2 unspecified atom stereocenters. The van der Waals surface area contributed by atoms with Crippen LogP contribution in [-0.2, 0) is 17.8 Å². The summed E-state index contributed by atoms with van der Waals surface area (Å²) in [5.41, 5.74) is 4.77. The average molecular weight is 432 g/mol. The van der Waals surface area contributed by atoms with Gasteiger partial charge in [-0.2, -0.15) is 0 Å². The molecule has 3 aromatic rings. The van der Waals surface area contributed by atoms with Crippen molar-refractivity contribution in [2.45, 2.75) is 19.0 Å². The van der Waals surface area contributed by atoms with Crippen molar-refractivity contribution in [1.82, 2.24) is 5.32 Å². The van der Waals surface area contributed by atoms with Crippen molar-refractivity contribution in [2.75, 3.05) is 29.4 Å². The number of nitrogens with one attached hydrogen (secondary N) is 1. The molecule has 2 atom stereocenters. The van der Waals surface area contributed by atoms with Crippen molar-refractivity contribution >= 4 is 28.9 Å². The Morgan fingerprint density at radius 1 is 0.968 bits per heavy atom. The molecule has 2 aliphatic heterocycles. The van der Waals surface area contributed by atoms with E-state index < -0.39 is 0 Å². The maximum Gasteiger partial charge on any atom is 0.225 e. The number of hydrogen-bond donors (Lipinski definition) is 1. The largest absolute Gasteiger partial charge is 0.368 e. The predicted molar refractivity (Wildman–Crippen MR) is 127 cm³/mol. The zero-order chi connectivity index (χ0) is 21.2. The Bertz CT molecular complexity index is 1070. The van der Waals surface area contributed by atoms with Gasteiger partial charge in [0.25, 0.3) is 0 Å². The maximum absolute atomic E-state index is 13.4. The third-order valence-electron chi connectivity index (χ3n) is 6.44. The lowest BCUT2D eigenvalue weighted by molar-refractivity contribution is -0.126. The van der Waals surface area contributed by atoms with E-state index in [1.165, 1.54) is 11.3 Å². The van der Waals surface area contributed by atoms with Crippen LogP contribution in [0, 0.1) is 5.92 Å². The third-order valence-corrected chi connectivity index (χ3v) is 6.68. The molecule has 1 saturated heterocycles. The van der Waals surface area contributed by atoms with Gasteiger partial charge in [0.05, 0.1) is 12.0 Å². The normalized spacial score (nSPS) is 20.0. The number of carbonyl (C=O) groups is 1. The highest BCUT2D eigenvalue weighted by Crippen LogP contribution is 2.37. The van der Waals surface area contributed by atoms with Crippen LogP contribution in [0.1, 0.15) is 11.1 Å². The molecular weight excluding hydrogens is 406 g/mol. The van der Waals surface area contributed by atoms with Gasteiger partial charge in [0.2, 0.25) is 5.91 Å². The Kier molecular flexibility index (Phi) is 5.56. The van der Waals surface area contributed by atoms with E-state index in [4.69, 9.17) is 11.6 Å². The smallest absolute Gasteiger partial charge is 0.225 e. The summed E-state index contributed by atoms with van der Waals surface area (Å²) in [5.74, 6) is 0.0295. The van der Waals surface area contributed by atoms with Crippen LogP contribution < -0.4 is 15.1 Å². The molecule has 158 valence electrons. The van der Waals surface area contributed by atoms with Crippen molar-refractivity contribution in [3.05, 3.63) is 95.0 Å². The van der Waals surface area contributed by atoms with Crippen LogP contribution in [0.3, 0.4) is 0 Å². The molecule has 4 nitrogen and oxygen atoms in total. The number of amides is 1. The minimum Gasteiger partial charge on any atom is -0.368 e. The molecule has 0 bridgehead atoms. The standard InChI is InChI=1S/C26H26ClN3O/c27-21-10-6-11-22(16-21)29-13-14-30-24-12-5-4-9-20(24)15-23(25(30)18-29)26(31)28-17-19-7-2-1-3-8-19/h1-12,16,23,25H,13-15,17-18H2,(H,28,31). The molecule has 3 aromatic carbocycles. The average Bonchev–Trinajstić information content (AvgIpc) is 2.82. The monoisotopic (exact) mass is 431 g/mol. The highest BCUT2D eigenvalue weighted by molar-refractivity contribution is 6.30. The number of rotatable bonds is 4. The van der Waals surface area contributed by atoms with Crippen molar-refractivity contribution in [3.63, 3.8) is 0 Å². The maximum atomic E-state index is 13.4. The van der Waals surface area contributed by atoms with Crippen LogP contribution in [0.5, 0.6) is 0 Å². The highest BCUT2D eigenvalue weighted by atomic mass is 35.5. The van der Waals surface area contributed by atoms with Gasteiger partial charge in [0.15, 0.2) is 0 Å².